The first kappa shape index (κ1) is 18.7. The molecule has 3 aromatic rings. The maximum atomic E-state index is 12.1. The van der Waals surface area contributed by atoms with Crippen molar-refractivity contribution in [3.63, 3.8) is 0 Å². The molecule has 3 heterocycles. The van der Waals surface area contributed by atoms with Crippen LogP contribution in [0.1, 0.15) is 37.7 Å². The van der Waals surface area contributed by atoms with E-state index in [4.69, 9.17) is 0 Å². The summed E-state index contributed by atoms with van der Waals surface area (Å²) in [4.78, 5) is 33.5. The fraction of sp³-hybridized carbons (Fsp3) is 0.174. The number of H-pyrrole nitrogens is 1. The van der Waals surface area contributed by atoms with Crippen LogP contribution in [0.5, 0.6) is 0 Å². The zero-order valence-electron chi connectivity index (χ0n) is 16.4. The van der Waals surface area contributed by atoms with Crippen LogP contribution in [-0.4, -0.2) is 47.3 Å². The first-order chi connectivity index (χ1) is 14.0. The van der Waals surface area contributed by atoms with E-state index in [1.54, 1.807) is 25.2 Å². The third-order valence-corrected chi connectivity index (χ3v) is 4.88. The van der Waals surface area contributed by atoms with Gasteiger partial charge in [0.2, 0.25) is 0 Å². The molecule has 1 aliphatic rings. The Morgan fingerprint density at radius 1 is 1.14 bits per heavy atom. The predicted molar refractivity (Wildman–Crippen MR) is 113 cm³/mol. The highest BCUT2D eigenvalue weighted by atomic mass is 16.2. The first-order valence-electron chi connectivity index (χ1n) is 9.47. The number of hydrogen-bond donors (Lipinski definition) is 2. The van der Waals surface area contributed by atoms with Crippen molar-refractivity contribution in [2.24, 2.45) is 0 Å². The highest BCUT2D eigenvalue weighted by Crippen LogP contribution is 2.24. The fourth-order valence-electron chi connectivity index (χ4n) is 3.37. The molecule has 0 spiro atoms. The summed E-state index contributed by atoms with van der Waals surface area (Å²) >= 11 is 0. The van der Waals surface area contributed by atoms with Crippen molar-refractivity contribution in [3.8, 4) is 11.3 Å². The molecule has 1 aromatic carbocycles. The molecular formula is C23H22N4O2. The molecule has 146 valence electrons. The Labute approximate surface area is 169 Å². The van der Waals surface area contributed by atoms with Gasteiger partial charge in [-0.25, -0.2) is 0 Å². The van der Waals surface area contributed by atoms with E-state index in [9.17, 15) is 9.59 Å². The van der Waals surface area contributed by atoms with Gasteiger partial charge in [0.1, 0.15) is 0 Å². The second-order valence-corrected chi connectivity index (χ2v) is 7.21. The molecule has 1 aliphatic heterocycles. The Hall–Kier alpha value is -3.67. The van der Waals surface area contributed by atoms with E-state index >= 15 is 0 Å². The SMILES string of the molecule is CN(C)C(=O)c1cccc(/C=C/c2cc(-c3cc4c([nH]3)CCNC4=O)ccn2)c1. The predicted octanol–water partition coefficient (Wildman–Crippen LogP) is 3.23. The van der Waals surface area contributed by atoms with E-state index in [1.165, 1.54) is 0 Å². The third-order valence-electron chi connectivity index (χ3n) is 4.88. The van der Waals surface area contributed by atoms with Gasteiger partial charge in [-0.3, -0.25) is 14.6 Å². The van der Waals surface area contributed by atoms with Gasteiger partial charge in [-0.15, -0.1) is 0 Å². The minimum absolute atomic E-state index is 0.0277. The molecule has 0 saturated carbocycles. The first-order valence-corrected chi connectivity index (χ1v) is 9.47. The van der Waals surface area contributed by atoms with Crippen LogP contribution in [0, 0.1) is 0 Å². The summed E-state index contributed by atoms with van der Waals surface area (Å²) in [6.07, 6.45) is 6.41. The van der Waals surface area contributed by atoms with Gasteiger partial charge in [0.05, 0.1) is 11.3 Å². The van der Waals surface area contributed by atoms with Crippen molar-refractivity contribution in [1.29, 1.82) is 0 Å². The minimum Gasteiger partial charge on any atom is -0.358 e. The van der Waals surface area contributed by atoms with Crippen LogP contribution in [0.15, 0.2) is 48.7 Å². The molecule has 2 amide bonds. The molecule has 0 radical (unpaired) electrons. The van der Waals surface area contributed by atoms with Gasteiger partial charge in [0, 0.05) is 55.8 Å². The molecule has 2 N–H and O–H groups in total. The fourth-order valence-corrected chi connectivity index (χ4v) is 3.37. The van der Waals surface area contributed by atoms with E-state index in [0.29, 0.717) is 17.7 Å². The molecule has 0 aliphatic carbocycles. The second-order valence-electron chi connectivity index (χ2n) is 7.21. The van der Waals surface area contributed by atoms with Gasteiger partial charge in [-0.05, 0) is 42.0 Å². The number of rotatable bonds is 4. The van der Waals surface area contributed by atoms with Crippen LogP contribution in [0.4, 0.5) is 0 Å². The number of carbonyl (C=O) groups excluding carboxylic acids is 2. The normalized spacial score (nSPS) is 13.2. The molecule has 6 nitrogen and oxygen atoms in total. The average molecular weight is 386 g/mol. The number of carbonyl (C=O) groups is 2. The summed E-state index contributed by atoms with van der Waals surface area (Å²) in [6, 6.07) is 13.3. The molecule has 4 rings (SSSR count). The molecule has 6 heteroatoms. The minimum atomic E-state index is -0.0323. The second kappa shape index (κ2) is 7.75. The highest BCUT2D eigenvalue weighted by Gasteiger charge is 2.19. The standard InChI is InChI=1S/C23H22N4O2/c1-27(2)23(29)17-5-3-4-15(12-17)6-7-18-13-16(8-10-24-18)21-14-19-20(26-21)9-11-25-22(19)28/h3-8,10,12-14,26H,9,11H2,1-2H3,(H,25,28)/b7-6+. The molecule has 0 unspecified atom stereocenters. The van der Waals surface area contributed by atoms with Crippen molar-refractivity contribution in [3.05, 3.63) is 76.7 Å². The zero-order valence-corrected chi connectivity index (χ0v) is 16.4. The van der Waals surface area contributed by atoms with E-state index < -0.39 is 0 Å². The van der Waals surface area contributed by atoms with Crippen molar-refractivity contribution in [2.45, 2.75) is 6.42 Å². The van der Waals surface area contributed by atoms with E-state index in [1.807, 2.05) is 54.6 Å². The number of aromatic nitrogens is 2. The van der Waals surface area contributed by atoms with Crippen LogP contribution in [0.25, 0.3) is 23.4 Å². The number of fused-ring (bicyclic) bond motifs is 1. The number of nitrogens with zero attached hydrogens (tertiary/aromatic N) is 2. The van der Waals surface area contributed by atoms with Gasteiger partial charge in [0.25, 0.3) is 11.8 Å². The molecule has 0 fully saturated rings. The lowest BCUT2D eigenvalue weighted by molar-refractivity contribution is 0.0827. The average Bonchev–Trinajstić information content (AvgIpc) is 3.18. The lowest BCUT2D eigenvalue weighted by atomic mass is 10.1. The van der Waals surface area contributed by atoms with Crippen LogP contribution in [0.2, 0.25) is 0 Å². The van der Waals surface area contributed by atoms with Gasteiger partial charge in [0.15, 0.2) is 0 Å². The summed E-state index contributed by atoms with van der Waals surface area (Å²) in [5, 5.41) is 2.86. The summed E-state index contributed by atoms with van der Waals surface area (Å²) in [5.74, 6) is -0.0600. The Balaban J connectivity index is 1.58. The molecule has 0 bridgehead atoms. The van der Waals surface area contributed by atoms with Gasteiger partial charge in [-0.1, -0.05) is 18.2 Å². The van der Waals surface area contributed by atoms with E-state index in [0.717, 1.165) is 34.6 Å². The quantitative estimate of drug-likeness (QED) is 0.723. The zero-order chi connectivity index (χ0) is 20.4. The van der Waals surface area contributed by atoms with E-state index in [-0.39, 0.29) is 11.8 Å². The van der Waals surface area contributed by atoms with Crippen LogP contribution >= 0.6 is 0 Å². The Morgan fingerprint density at radius 2 is 2.00 bits per heavy atom. The van der Waals surface area contributed by atoms with Crippen molar-refractivity contribution in [2.75, 3.05) is 20.6 Å². The van der Waals surface area contributed by atoms with Crippen molar-refractivity contribution >= 4 is 24.0 Å². The summed E-state index contributed by atoms with van der Waals surface area (Å²) in [5.41, 5.74) is 5.93. The summed E-state index contributed by atoms with van der Waals surface area (Å²) in [7, 11) is 3.48. The van der Waals surface area contributed by atoms with E-state index in [2.05, 4.69) is 15.3 Å². The number of hydrogen-bond acceptors (Lipinski definition) is 3. The molecular weight excluding hydrogens is 364 g/mol. The molecule has 0 saturated heterocycles. The van der Waals surface area contributed by atoms with Crippen LogP contribution in [-0.2, 0) is 6.42 Å². The molecule has 29 heavy (non-hydrogen) atoms. The maximum Gasteiger partial charge on any atom is 0.253 e. The number of benzene rings is 1. The summed E-state index contributed by atoms with van der Waals surface area (Å²) < 4.78 is 0. The van der Waals surface area contributed by atoms with Gasteiger partial charge < -0.3 is 15.2 Å². The topological polar surface area (TPSA) is 78.1 Å². The maximum absolute atomic E-state index is 12.1. The smallest absolute Gasteiger partial charge is 0.253 e. The highest BCUT2D eigenvalue weighted by molar-refractivity contribution is 5.98. The molecule has 0 atom stereocenters. The number of amides is 2. The molecule has 2 aromatic heterocycles. The Kier molecular flexibility index (Phi) is 4.99. The number of nitrogens with one attached hydrogen (secondary N) is 2. The number of aromatic amines is 1. The largest absolute Gasteiger partial charge is 0.358 e. The lowest BCUT2D eigenvalue weighted by Crippen LogP contribution is -2.31. The van der Waals surface area contributed by atoms with Crippen molar-refractivity contribution < 1.29 is 9.59 Å². The van der Waals surface area contributed by atoms with Gasteiger partial charge >= 0.3 is 0 Å². The third kappa shape index (κ3) is 3.96. The van der Waals surface area contributed by atoms with Gasteiger partial charge in [-0.2, -0.15) is 0 Å². The van der Waals surface area contributed by atoms with Crippen molar-refractivity contribution in [1.82, 2.24) is 20.2 Å². The number of pyridine rings is 1. The monoisotopic (exact) mass is 386 g/mol. The Morgan fingerprint density at radius 3 is 2.79 bits per heavy atom. The summed E-state index contributed by atoms with van der Waals surface area (Å²) in [6.45, 7) is 0.658. The van der Waals surface area contributed by atoms with Crippen LogP contribution < -0.4 is 5.32 Å². The van der Waals surface area contributed by atoms with Crippen LogP contribution in [0.3, 0.4) is 0 Å². The lowest BCUT2D eigenvalue weighted by Gasteiger charge is -2.10. The Bertz CT molecular complexity index is 1110.